The molecule has 3 aromatic rings. The summed E-state index contributed by atoms with van der Waals surface area (Å²) in [6.07, 6.45) is 1.81. The number of phenols is 1. The number of amides is 1. The van der Waals surface area contributed by atoms with Gasteiger partial charge in [0.05, 0.1) is 18.4 Å². The van der Waals surface area contributed by atoms with Crippen LogP contribution in [0.15, 0.2) is 65.8 Å². The van der Waals surface area contributed by atoms with Crippen LogP contribution in [0.25, 0.3) is 11.3 Å². The topological polar surface area (TPSA) is 106 Å². The number of anilines is 1. The number of H-pyrrole nitrogens is 1. The summed E-state index contributed by atoms with van der Waals surface area (Å²) in [7, 11) is 1.89. The molecule has 0 radical (unpaired) electrons. The number of rotatable bonds is 7. The number of nitrogens with zero attached hydrogens (tertiary/aromatic N) is 3. The van der Waals surface area contributed by atoms with Crippen molar-refractivity contribution in [3.8, 4) is 17.0 Å². The molecule has 1 aromatic heterocycles. The fraction of sp³-hybridized carbons (Fsp3) is 0.227. The molecule has 4 N–H and O–H groups in total. The molecular weight excluding hydrogens is 507 g/mol. The van der Waals surface area contributed by atoms with E-state index in [1.54, 1.807) is 12.1 Å². The quantitative estimate of drug-likeness (QED) is 0.161. The zero-order valence-corrected chi connectivity index (χ0v) is 19.8. The Morgan fingerprint density at radius 1 is 1.16 bits per heavy atom. The van der Waals surface area contributed by atoms with E-state index in [0.717, 1.165) is 17.1 Å². The van der Waals surface area contributed by atoms with Gasteiger partial charge in [0.1, 0.15) is 18.1 Å². The zero-order chi connectivity index (χ0) is 21.3. The zero-order valence-electron chi connectivity index (χ0n) is 17.5. The van der Waals surface area contributed by atoms with E-state index in [4.69, 9.17) is 0 Å². The molecule has 1 amide bonds. The van der Waals surface area contributed by atoms with Gasteiger partial charge in [-0.05, 0) is 36.8 Å². The Hall–Kier alpha value is -3.08. The molecule has 0 fully saturated rings. The second kappa shape index (κ2) is 11.9. The summed E-state index contributed by atoms with van der Waals surface area (Å²) in [5, 5.41) is 15.3. The summed E-state index contributed by atoms with van der Waals surface area (Å²) >= 11 is 0. The SMILES string of the molecule is CCNC(=NCC(=O)Nc1ccc(O)cc1)N(C)Cc1ncc(-c2ccccc2)[nH]1.I. The monoisotopic (exact) mass is 534 g/mol. The third-order valence-electron chi connectivity index (χ3n) is 4.32. The molecule has 8 nitrogen and oxygen atoms in total. The van der Waals surface area contributed by atoms with E-state index in [9.17, 15) is 9.90 Å². The van der Waals surface area contributed by atoms with Crippen LogP contribution in [0, 0.1) is 0 Å². The van der Waals surface area contributed by atoms with Crippen molar-refractivity contribution >= 4 is 41.5 Å². The second-order valence-corrected chi connectivity index (χ2v) is 6.73. The van der Waals surface area contributed by atoms with Crippen molar-refractivity contribution in [2.75, 3.05) is 25.5 Å². The molecule has 0 atom stereocenters. The molecular formula is C22H27IN6O2. The first kappa shape index (κ1) is 24.2. The minimum absolute atomic E-state index is 0. The predicted octanol–water partition coefficient (Wildman–Crippen LogP) is 3.44. The van der Waals surface area contributed by atoms with E-state index >= 15 is 0 Å². The smallest absolute Gasteiger partial charge is 0.246 e. The van der Waals surface area contributed by atoms with Crippen LogP contribution in [0.2, 0.25) is 0 Å². The molecule has 1 heterocycles. The molecule has 0 unspecified atom stereocenters. The van der Waals surface area contributed by atoms with Crippen LogP contribution >= 0.6 is 24.0 Å². The molecule has 0 bridgehead atoms. The number of hydrogen-bond donors (Lipinski definition) is 4. The van der Waals surface area contributed by atoms with Crippen LogP contribution in [-0.2, 0) is 11.3 Å². The first-order valence-corrected chi connectivity index (χ1v) is 9.72. The summed E-state index contributed by atoms with van der Waals surface area (Å²) in [4.78, 5) is 26.3. The Morgan fingerprint density at radius 2 is 1.87 bits per heavy atom. The molecule has 2 aromatic carbocycles. The highest BCUT2D eigenvalue weighted by Crippen LogP contribution is 2.16. The number of imidazole rings is 1. The number of nitrogens with one attached hydrogen (secondary N) is 3. The third kappa shape index (κ3) is 7.28. The van der Waals surface area contributed by atoms with Gasteiger partial charge in [0, 0.05) is 19.3 Å². The van der Waals surface area contributed by atoms with Gasteiger partial charge in [-0.25, -0.2) is 9.98 Å². The molecule has 0 saturated heterocycles. The highest BCUT2D eigenvalue weighted by molar-refractivity contribution is 14.0. The number of guanidine groups is 1. The summed E-state index contributed by atoms with van der Waals surface area (Å²) in [5.74, 6) is 1.32. The lowest BCUT2D eigenvalue weighted by atomic mass is 10.2. The van der Waals surface area contributed by atoms with Crippen molar-refractivity contribution in [3.63, 3.8) is 0 Å². The average molecular weight is 534 g/mol. The van der Waals surface area contributed by atoms with Crippen molar-refractivity contribution < 1.29 is 9.90 Å². The minimum atomic E-state index is -0.242. The Balaban J connectivity index is 0.00000341. The van der Waals surface area contributed by atoms with Gasteiger partial charge in [0.25, 0.3) is 0 Å². The Bertz CT molecular complexity index is 989. The number of carbonyl (C=O) groups excluding carboxylic acids is 1. The molecule has 31 heavy (non-hydrogen) atoms. The summed E-state index contributed by atoms with van der Waals surface area (Å²) in [6, 6.07) is 16.3. The van der Waals surface area contributed by atoms with Crippen molar-refractivity contribution in [3.05, 3.63) is 66.6 Å². The highest BCUT2D eigenvalue weighted by Gasteiger charge is 2.11. The molecule has 9 heteroatoms. The normalized spacial score (nSPS) is 10.8. The average Bonchev–Trinajstić information content (AvgIpc) is 3.22. The Kier molecular flexibility index (Phi) is 9.32. The van der Waals surface area contributed by atoms with Crippen LogP contribution in [0.3, 0.4) is 0 Å². The van der Waals surface area contributed by atoms with E-state index in [0.29, 0.717) is 24.7 Å². The predicted molar refractivity (Wildman–Crippen MR) is 134 cm³/mol. The minimum Gasteiger partial charge on any atom is -0.508 e. The van der Waals surface area contributed by atoms with Gasteiger partial charge in [0.2, 0.25) is 5.91 Å². The number of carbonyl (C=O) groups is 1. The summed E-state index contributed by atoms with van der Waals surface area (Å²) in [5.41, 5.74) is 2.63. The number of aromatic nitrogens is 2. The molecule has 0 saturated carbocycles. The molecule has 164 valence electrons. The standard InChI is InChI=1S/C22H26N6O2.HI/c1-3-23-22(25-14-21(30)26-17-9-11-18(29)12-10-17)28(2)15-20-24-13-19(27-20)16-7-5-4-6-8-16;/h4-13,29H,3,14-15H2,1-2H3,(H,23,25)(H,24,27)(H,26,30);1H. The number of aromatic hydroxyl groups is 1. The van der Waals surface area contributed by atoms with Gasteiger partial charge < -0.3 is 25.6 Å². The van der Waals surface area contributed by atoms with Crippen molar-refractivity contribution in [2.45, 2.75) is 13.5 Å². The van der Waals surface area contributed by atoms with Gasteiger partial charge in [-0.2, -0.15) is 0 Å². The maximum absolute atomic E-state index is 12.2. The largest absolute Gasteiger partial charge is 0.508 e. The fourth-order valence-corrected chi connectivity index (χ4v) is 2.87. The maximum atomic E-state index is 12.2. The van der Waals surface area contributed by atoms with Crippen molar-refractivity contribution in [1.82, 2.24) is 20.2 Å². The van der Waals surface area contributed by atoms with Crippen molar-refractivity contribution in [2.24, 2.45) is 4.99 Å². The highest BCUT2D eigenvalue weighted by atomic mass is 127. The number of hydrogen-bond acceptors (Lipinski definition) is 4. The maximum Gasteiger partial charge on any atom is 0.246 e. The molecule has 0 spiro atoms. The van der Waals surface area contributed by atoms with Gasteiger partial charge in [0.15, 0.2) is 5.96 Å². The number of benzene rings is 2. The first-order valence-electron chi connectivity index (χ1n) is 9.72. The lowest BCUT2D eigenvalue weighted by Gasteiger charge is -2.21. The van der Waals surface area contributed by atoms with Gasteiger partial charge >= 0.3 is 0 Å². The van der Waals surface area contributed by atoms with E-state index in [1.807, 2.05) is 55.4 Å². The Morgan fingerprint density at radius 3 is 2.55 bits per heavy atom. The van der Waals surface area contributed by atoms with E-state index < -0.39 is 0 Å². The fourth-order valence-electron chi connectivity index (χ4n) is 2.87. The van der Waals surface area contributed by atoms with Crippen LogP contribution in [0.1, 0.15) is 12.7 Å². The Labute approximate surface area is 198 Å². The third-order valence-corrected chi connectivity index (χ3v) is 4.32. The number of aliphatic imine (C=N–C) groups is 1. The van der Waals surface area contributed by atoms with E-state index in [-0.39, 0.29) is 42.2 Å². The number of halogens is 1. The van der Waals surface area contributed by atoms with Gasteiger partial charge in [-0.1, -0.05) is 30.3 Å². The van der Waals surface area contributed by atoms with Crippen LogP contribution < -0.4 is 10.6 Å². The van der Waals surface area contributed by atoms with Crippen LogP contribution in [0.5, 0.6) is 5.75 Å². The van der Waals surface area contributed by atoms with Crippen LogP contribution in [0.4, 0.5) is 5.69 Å². The molecule has 3 rings (SSSR count). The number of aromatic amines is 1. The summed E-state index contributed by atoms with van der Waals surface area (Å²) in [6.45, 7) is 3.13. The molecule has 0 aliphatic heterocycles. The van der Waals surface area contributed by atoms with Gasteiger partial charge in [-0.3, -0.25) is 4.79 Å². The first-order chi connectivity index (χ1) is 14.5. The van der Waals surface area contributed by atoms with E-state index in [1.165, 1.54) is 12.1 Å². The van der Waals surface area contributed by atoms with Gasteiger partial charge in [-0.15, -0.1) is 24.0 Å². The van der Waals surface area contributed by atoms with Crippen molar-refractivity contribution in [1.29, 1.82) is 0 Å². The number of phenolic OH excluding ortho intramolecular Hbond substituents is 1. The lowest BCUT2D eigenvalue weighted by Crippen LogP contribution is -2.39. The second-order valence-electron chi connectivity index (χ2n) is 6.73. The molecule has 0 aliphatic carbocycles. The summed E-state index contributed by atoms with van der Waals surface area (Å²) < 4.78 is 0. The lowest BCUT2D eigenvalue weighted by molar-refractivity contribution is -0.114. The van der Waals surface area contributed by atoms with E-state index in [2.05, 4.69) is 25.6 Å². The van der Waals surface area contributed by atoms with Crippen LogP contribution in [-0.4, -0.2) is 52.0 Å². The molecule has 0 aliphatic rings.